The summed E-state index contributed by atoms with van der Waals surface area (Å²) in [5.41, 5.74) is 0.510. The lowest BCUT2D eigenvalue weighted by molar-refractivity contribution is 0.0716. The number of phenols is 1. The normalized spacial score (nSPS) is 10.6. The van der Waals surface area contributed by atoms with E-state index in [9.17, 15) is 9.90 Å². The van der Waals surface area contributed by atoms with E-state index in [2.05, 4.69) is 15.9 Å². The molecule has 0 spiro atoms. The Hall–Kier alpha value is -1.03. The third kappa shape index (κ3) is 2.76. The van der Waals surface area contributed by atoms with E-state index in [0.717, 1.165) is 0 Å². The Morgan fingerprint density at radius 1 is 1.50 bits per heavy atom. The van der Waals surface area contributed by atoms with E-state index in [1.165, 1.54) is 6.07 Å². The Morgan fingerprint density at radius 2 is 2.12 bits per heavy atom. The van der Waals surface area contributed by atoms with Crippen molar-refractivity contribution >= 4 is 21.8 Å². The van der Waals surface area contributed by atoms with Gasteiger partial charge in [0.15, 0.2) is 0 Å². The summed E-state index contributed by atoms with van der Waals surface area (Å²) in [6.45, 7) is 6.55. The lowest BCUT2D eigenvalue weighted by atomic mass is 10.1. The second-order valence-electron chi connectivity index (χ2n) is 3.85. The van der Waals surface area contributed by atoms with Crippen LogP contribution in [0.15, 0.2) is 22.7 Å². The monoisotopic (exact) mass is 285 g/mol. The first kappa shape index (κ1) is 13.0. The molecule has 1 aromatic carbocycles. The number of hydrogen-bond donors (Lipinski definition) is 1. The number of halogens is 1. The molecular weight excluding hydrogens is 270 g/mol. The molecule has 1 amide bonds. The van der Waals surface area contributed by atoms with Crippen molar-refractivity contribution in [2.24, 2.45) is 0 Å². The zero-order valence-corrected chi connectivity index (χ0v) is 11.3. The molecule has 0 aromatic heterocycles. The molecule has 0 aliphatic carbocycles. The molecule has 0 aliphatic rings. The minimum Gasteiger partial charge on any atom is -0.507 e. The van der Waals surface area contributed by atoms with Gasteiger partial charge in [-0.1, -0.05) is 0 Å². The Labute approximate surface area is 104 Å². The van der Waals surface area contributed by atoms with E-state index in [1.54, 1.807) is 17.0 Å². The maximum Gasteiger partial charge on any atom is 0.254 e. The lowest BCUT2D eigenvalue weighted by Gasteiger charge is -2.25. The van der Waals surface area contributed by atoms with Crippen LogP contribution in [0.25, 0.3) is 0 Å². The summed E-state index contributed by atoms with van der Waals surface area (Å²) < 4.78 is 0.594. The molecule has 0 radical (unpaired) electrons. The van der Waals surface area contributed by atoms with E-state index in [1.807, 2.05) is 20.8 Å². The molecule has 1 N–H and O–H groups in total. The van der Waals surface area contributed by atoms with Gasteiger partial charge in [-0.2, -0.15) is 0 Å². The molecule has 0 saturated heterocycles. The molecular formula is C12H16BrNO2. The van der Waals surface area contributed by atoms with Crippen LogP contribution in [0.2, 0.25) is 0 Å². The minimum absolute atomic E-state index is 0.0553. The van der Waals surface area contributed by atoms with Gasteiger partial charge in [0.05, 0.1) is 4.47 Å². The number of aromatic hydroxyl groups is 1. The highest BCUT2D eigenvalue weighted by Crippen LogP contribution is 2.25. The molecule has 0 bridgehead atoms. The van der Waals surface area contributed by atoms with Crippen LogP contribution in [0.1, 0.15) is 31.1 Å². The molecule has 1 rings (SSSR count). The average Bonchev–Trinajstić information content (AvgIpc) is 2.22. The van der Waals surface area contributed by atoms with E-state index in [-0.39, 0.29) is 17.7 Å². The number of amides is 1. The molecule has 1 aromatic rings. The van der Waals surface area contributed by atoms with Crippen LogP contribution >= 0.6 is 15.9 Å². The van der Waals surface area contributed by atoms with Gasteiger partial charge in [-0.3, -0.25) is 4.79 Å². The second kappa shape index (κ2) is 5.34. The van der Waals surface area contributed by atoms with Gasteiger partial charge in [0, 0.05) is 18.2 Å². The first-order valence-electron chi connectivity index (χ1n) is 5.26. The van der Waals surface area contributed by atoms with E-state index < -0.39 is 0 Å². The Balaban J connectivity index is 2.99. The zero-order chi connectivity index (χ0) is 12.3. The predicted molar refractivity (Wildman–Crippen MR) is 67.7 cm³/mol. The van der Waals surface area contributed by atoms with Crippen molar-refractivity contribution in [3.63, 3.8) is 0 Å². The summed E-state index contributed by atoms with van der Waals surface area (Å²) in [4.78, 5) is 13.8. The molecule has 0 unspecified atom stereocenters. The number of carbonyl (C=O) groups excluding carboxylic acids is 1. The fraction of sp³-hybridized carbons (Fsp3) is 0.417. The summed E-state index contributed by atoms with van der Waals surface area (Å²) >= 11 is 3.19. The van der Waals surface area contributed by atoms with E-state index in [0.29, 0.717) is 16.6 Å². The number of hydrogen-bond acceptors (Lipinski definition) is 2. The maximum atomic E-state index is 12.1. The van der Waals surface area contributed by atoms with Crippen LogP contribution in [0.5, 0.6) is 5.75 Å². The van der Waals surface area contributed by atoms with Crippen molar-refractivity contribution in [1.82, 2.24) is 4.90 Å². The van der Waals surface area contributed by atoms with Crippen LogP contribution in [0.3, 0.4) is 0 Å². The molecule has 0 aliphatic heterocycles. The van der Waals surface area contributed by atoms with E-state index >= 15 is 0 Å². The topological polar surface area (TPSA) is 40.5 Å². The van der Waals surface area contributed by atoms with Crippen LogP contribution in [-0.4, -0.2) is 28.5 Å². The molecule has 0 saturated carbocycles. The molecule has 0 atom stereocenters. The van der Waals surface area contributed by atoms with Gasteiger partial charge >= 0.3 is 0 Å². The number of carbonyl (C=O) groups is 1. The largest absolute Gasteiger partial charge is 0.507 e. The third-order valence-corrected chi connectivity index (χ3v) is 3.09. The highest BCUT2D eigenvalue weighted by Gasteiger charge is 2.17. The van der Waals surface area contributed by atoms with Crippen molar-refractivity contribution in [3.05, 3.63) is 28.2 Å². The molecule has 0 fully saturated rings. The van der Waals surface area contributed by atoms with Crippen LogP contribution in [-0.2, 0) is 0 Å². The smallest absolute Gasteiger partial charge is 0.254 e. The Bertz CT molecular complexity index is 391. The van der Waals surface area contributed by atoms with Crippen LogP contribution in [0, 0.1) is 0 Å². The molecule has 0 heterocycles. The van der Waals surface area contributed by atoms with Gasteiger partial charge in [-0.25, -0.2) is 0 Å². The fourth-order valence-electron chi connectivity index (χ4n) is 1.55. The summed E-state index contributed by atoms with van der Waals surface area (Å²) in [6, 6.07) is 5.02. The van der Waals surface area contributed by atoms with Gasteiger partial charge in [-0.05, 0) is 54.9 Å². The molecule has 88 valence electrons. The average molecular weight is 286 g/mol. The number of rotatable bonds is 3. The lowest BCUT2D eigenvalue weighted by Crippen LogP contribution is -2.36. The first-order chi connectivity index (χ1) is 7.47. The predicted octanol–water partition coefficient (Wildman–Crippen LogP) is 3.03. The summed E-state index contributed by atoms with van der Waals surface area (Å²) in [5, 5.41) is 9.52. The fourth-order valence-corrected chi connectivity index (χ4v) is 1.80. The molecule has 16 heavy (non-hydrogen) atoms. The standard InChI is InChI=1S/C12H16BrNO2/c1-4-14(8(2)3)12(16)9-5-6-10(13)11(15)7-9/h5-8,15H,4H2,1-3H3. The van der Waals surface area contributed by atoms with Crippen molar-refractivity contribution in [3.8, 4) is 5.75 Å². The maximum absolute atomic E-state index is 12.1. The van der Waals surface area contributed by atoms with Crippen molar-refractivity contribution in [2.75, 3.05) is 6.54 Å². The third-order valence-electron chi connectivity index (χ3n) is 2.42. The van der Waals surface area contributed by atoms with Gasteiger partial charge in [0.2, 0.25) is 0 Å². The Morgan fingerprint density at radius 3 is 2.56 bits per heavy atom. The van der Waals surface area contributed by atoms with Crippen LogP contribution < -0.4 is 0 Å². The van der Waals surface area contributed by atoms with E-state index in [4.69, 9.17) is 0 Å². The van der Waals surface area contributed by atoms with Crippen molar-refractivity contribution in [2.45, 2.75) is 26.8 Å². The highest BCUT2D eigenvalue weighted by atomic mass is 79.9. The second-order valence-corrected chi connectivity index (χ2v) is 4.71. The van der Waals surface area contributed by atoms with Gasteiger partial charge in [-0.15, -0.1) is 0 Å². The number of benzene rings is 1. The van der Waals surface area contributed by atoms with Gasteiger partial charge in [0.1, 0.15) is 5.75 Å². The first-order valence-corrected chi connectivity index (χ1v) is 6.06. The van der Waals surface area contributed by atoms with Gasteiger partial charge in [0.25, 0.3) is 5.91 Å². The number of nitrogens with zero attached hydrogens (tertiary/aromatic N) is 1. The highest BCUT2D eigenvalue weighted by molar-refractivity contribution is 9.10. The summed E-state index contributed by atoms with van der Waals surface area (Å²) in [5.74, 6) is 0.0333. The SMILES string of the molecule is CCN(C(=O)c1ccc(Br)c(O)c1)C(C)C. The molecule has 3 nitrogen and oxygen atoms in total. The Kier molecular flexibility index (Phi) is 4.35. The van der Waals surface area contributed by atoms with Crippen molar-refractivity contribution < 1.29 is 9.90 Å². The molecule has 4 heteroatoms. The minimum atomic E-state index is -0.0553. The van der Waals surface area contributed by atoms with Gasteiger partial charge < -0.3 is 10.0 Å². The summed E-state index contributed by atoms with van der Waals surface area (Å²) in [7, 11) is 0. The zero-order valence-electron chi connectivity index (χ0n) is 9.70. The van der Waals surface area contributed by atoms with Crippen LogP contribution in [0.4, 0.5) is 0 Å². The quantitative estimate of drug-likeness (QED) is 0.927. The number of phenolic OH excluding ortho intramolecular Hbond substituents is 1. The summed E-state index contributed by atoms with van der Waals surface area (Å²) in [6.07, 6.45) is 0. The van der Waals surface area contributed by atoms with Crippen molar-refractivity contribution in [1.29, 1.82) is 0 Å².